The summed E-state index contributed by atoms with van der Waals surface area (Å²) in [5.41, 5.74) is 9.96. The van der Waals surface area contributed by atoms with Crippen LogP contribution in [0, 0.1) is 13.8 Å². The van der Waals surface area contributed by atoms with Crippen LogP contribution in [0.2, 0.25) is 10.0 Å². The van der Waals surface area contributed by atoms with Crippen LogP contribution in [0.4, 0.5) is 5.82 Å². The monoisotopic (exact) mass is 452 g/mol. The minimum Gasteiger partial charge on any atom is -0.382 e. The van der Waals surface area contributed by atoms with Crippen molar-refractivity contribution in [1.29, 1.82) is 0 Å². The fourth-order valence-corrected chi connectivity index (χ4v) is 5.21. The lowest BCUT2D eigenvalue weighted by Crippen LogP contribution is -2.09. The van der Waals surface area contributed by atoms with Crippen LogP contribution in [0.25, 0.3) is 11.0 Å². The average Bonchev–Trinajstić information content (AvgIpc) is 3.03. The second-order valence-corrected chi connectivity index (χ2v) is 9.55. The summed E-state index contributed by atoms with van der Waals surface area (Å²) >= 11 is 12.1. The lowest BCUT2D eigenvalue weighted by atomic mass is 10.2. The van der Waals surface area contributed by atoms with Gasteiger partial charge < -0.3 is 10.3 Å². The minimum atomic E-state index is -1.19. The Morgan fingerprint density at radius 3 is 2.62 bits per heavy atom. The maximum atomic E-state index is 12.7. The van der Waals surface area contributed by atoms with E-state index in [4.69, 9.17) is 33.9 Å². The number of hydrogen-bond acceptors (Lipinski definition) is 4. The molecule has 1 aromatic carbocycles. The van der Waals surface area contributed by atoms with Crippen LogP contribution in [0.3, 0.4) is 0 Å². The predicted octanol–water partition coefficient (Wildman–Crippen LogP) is 5.48. The predicted molar refractivity (Wildman–Crippen MR) is 122 cm³/mol. The van der Waals surface area contributed by atoms with Crippen molar-refractivity contribution in [3.05, 3.63) is 45.3 Å². The summed E-state index contributed by atoms with van der Waals surface area (Å²) < 4.78 is 15.0. The molecule has 0 saturated heterocycles. The van der Waals surface area contributed by atoms with Crippen molar-refractivity contribution in [2.75, 3.05) is 11.5 Å². The molecule has 0 aliphatic carbocycles. The largest absolute Gasteiger partial charge is 0.382 e. The lowest BCUT2D eigenvalue weighted by molar-refractivity contribution is 0.628. The van der Waals surface area contributed by atoms with Gasteiger partial charge in [0.05, 0.1) is 26.2 Å². The molecule has 0 saturated carbocycles. The van der Waals surface area contributed by atoms with Gasteiger partial charge in [-0.2, -0.15) is 0 Å². The summed E-state index contributed by atoms with van der Waals surface area (Å²) in [7, 11) is -1.19. The molecule has 2 N–H and O–H groups in total. The smallest absolute Gasteiger partial charge is 0.151 e. The number of benzene rings is 1. The van der Waals surface area contributed by atoms with Crippen LogP contribution in [0.15, 0.2) is 23.1 Å². The molecule has 29 heavy (non-hydrogen) atoms. The topological polar surface area (TPSA) is 73.8 Å². The van der Waals surface area contributed by atoms with Gasteiger partial charge in [0, 0.05) is 29.4 Å². The summed E-state index contributed by atoms with van der Waals surface area (Å²) in [6.07, 6.45) is 3.76. The standard InChI is InChI=1S/C21H26Cl2N4OS/c1-4-5-7-18-26-19-20(13(2)14(3)25-21(19)24)27(18)10-6-11-29(28)17-9-8-15(22)12-16(17)23/h8-9,12H,4-7,10-11H2,1-3H3,(H2,24,25). The van der Waals surface area contributed by atoms with Crippen molar-refractivity contribution in [1.82, 2.24) is 14.5 Å². The third-order valence-electron chi connectivity index (χ3n) is 5.08. The van der Waals surface area contributed by atoms with Gasteiger partial charge in [-0.25, -0.2) is 9.97 Å². The average molecular weight is 453 g/mol. The number of imidazole rings is 1. The molecule has 3 rings (SSSR count). The molecular formula is C21H26Cl2N4OS. The molecule has 8 heteroatoms. The molecule has 1 atom stereocenters. The Balaban J connectivity index is 1.85. The molecule has 1 unspecified atom stereocenters. The van der Waals surface area contributed by atoms with Crippen molar-refractivity contribution in [2.24, 2.45) is 0 Å². The lowest BCUT2D eigenvalue weighted by Gasteiger charge is -2.12. The van der Waals surface area contributed by atoms with Gasteiger partial charge in [-0.15, -0.1) is 0 Å². The van der Waals surface area contributed by atoms with Crippen molar-refractivity contribution >= 4 is 50.9 Å². The fourth-order valence-electron chi connectivity index (χ4n) is 3.44. The van der Waals surface area contributed by atoms with E-state index in [1.807, 2.05) is 6.92 Å². The van der Waals surface area contributed by atoms with Crippen LogP contribution in [0.5, 0.6) is 0 Å². The molecule has 2 heterocycles. The Bertz CT molecular complexity index is 1060. The van der Waals surface area contributed by atoms with Crippen molar-refractivity contribution < 1.29 is 4.21 Å². The highest BCUT2D eigenvalue weighted by atomic mass is 35.5. The molecule has 0 bridgehead atoms. The summed E-state index contributed by atoms with van der Waals surface area (Å²) in [6.45, 7) is 6.90. The maximum Gasteiger partial charge on any atom is 0.151 e. The van der Waals surface area contributed by atoms with Gasteiger partial charge in [0.2, 0.25) is 0 Å². The third kappa shape index (κ3) is 4.76. The third-order valence-corrected chi connectivity index (χ3v) is 7.25. The summed E-state index contributed by atoms with van der Waals surface area (Å²) in [4.78, 5) is 9.85. The number of nitrogens with zero attached hydrogens (tertiary/aromatic N) is 3. The van der Waals surface area contributed by atoms with Crippen molar-refractivity contribution in [3.8, 4) is 0 Å². The fraction of sp³-hybridized carbons (Fsp3) is 0.429. The van der Waals surface area contributed by atoms with Crippen LogP contribution in [0.1, 0.15) is 43.3 Å². The summed E-state index contributed by atoms with van der Waals surface area (Å²) in [6, 6.07) is 5.08. The number of fused-ring (bicyclic) bond motifs is 1. The number of halogens is 2. The van der Waals surface area contributed by atoms with Crippen LogP contribution >= 0.6 is 23.2 Å². The quantitative estimate of drug-likeness (QED) is 0.490. The van der Waals surface area contributed by atoms with Crippen LogP contribution in [-0.4, -0.2) is 24.5 Å². The van der Waals surface area contributed by atoms with E-state index in [0.29, 0.717) is 26.5 Å². The van der Waals surface area contributed by atoms with E-state index in [0.717, 1.165) is 60.3 Å². The second kappa shape index (κ2) is 9.45. The van der Waals surface area contributed by atoms with E-state index in [-0.39, 0.29) is 0 Å². The zero-order valence-electron chi connectivity index (χ0n) is 17.0. The van der Waals surface area contributed by atoms with E-state index < -0.39 is 10.8 Å². The number of anilines is 1. The maximum absolute atomic E-state index is 12.7. The number of rotatable bonds is 8. The Morgan fingerprint density at radius 1 is 1.17 bits per heavy atom. The Morgan fingerprint density at radius 2 is 1.93 bits per heavy atom. The summed E-state index contributed by atoms with van der Waals surface area (Å²) in [5.74, 6) is 1.99. The summed E-state index contributed by atoms with van der Waals surface area (Å²) in [5, 5.41) is 0.983. The highest BCUT2D eigenvalue weighted by molar-refractivity contribution is 7.85. The molecule has 3 aromatic rings. The Labute approximate surface area is 184 Å². The van der Waals surface area contributed by atoms with Gasteiger partial charge in [-0.3, -0.25) is 4.21 Å². The highest BCUT2D eigenvalue weighted by Crippen LogP contribution is 2.28. The Hall–Kier alpha value is -1.63. The Kier molecular flexibility index (Phi) is 7.19. The normalized spacial score (nSPS) is 12.6. The van der Waals surface area contributed by atoms with Gasteiger partial charge in [0.1, 0.15) is 11.3 Å². The molecule has 0 fully saturated rings. The van der Waals surface area contributed by atoms with E-state index >= 15 is 0 Å². The number of nitrogens with two attached hydrogens (primary N) is 1. The molecule has 156 valence electrons. The minimum absolute atomic E-state index is 0.442. The molecule has 2 aromatic heterocycles. The highest BCUT2D eigenvalue weighted by Gasteiger charge is 2.18. The first-order valence-corrected chi connectivity index (χ1v) is 11.9. The number of hydrogen-bond donors (Lipinski definition) is 1. The SMILES string of the molecule is CCCCc1nc2c(N)nc(C)c(C)c2n1CCCS(=O)c1ccc(Cl)cc1Cl. The van der Waals surface area contributed by atoms with Crippen molar-refractivity contribution in [2.45, 2.75) is 57.9 Å². The van der Waals surface area contributed by atoms with Gasteiger partial charge in [0.15, 0.2) is 5.82 Å². The van der Waals surface area contributed by atoms with E-state index in [1.54, 1.807) is 18.2 Å². The molecule has 0 aliphatic heterocycles. The number of pyridine rings is 1. The number of unbranched alkanes of at least 4 members (excludes halogenated alkanes) is 1. The molecule has 0 amide bonds. The van der Waals surface area contributed by atoms with Gasteiger partial charge in [-0.1, -0.05) is 36.5 Å². The zero-order chi connectivity index (χ0) is 21.1. The second-order valence-electron chi connectivity index (χ2n) is 7.17. The van der Waals surface area contributed by atoms with Gasteiger partial charge >= 0.3 is 0 Å². The van der Waals surface area contributed by atoms with Gasteiger partial charge in [-0.05, 0) is 50.5 Å². The van der Waals surface area contributed by atoms with Crippen LogP contribution < -0.4 is 5.73 Å². The van der Waals surface area contributed by atoms with E-state index in [1.165, 1.54) is 0 Å². The first kappa shape index (κ1) is 22.1. The molecular weight excluding hydrogens is 427 g/mol. The van der Waals surface area contributed by atoms with E-state index in [9.17, 15) is 4.21 Å². The zero-order valence-corrected chi connectivity index (χ0v) is 19.3. The number of aryl methyl sites for hydroxylation is 4. The first-order valence-electron chi connectivity index (χ1n) is 9.78. The molecule has 0 spiro atoms. The van der Waals surface area contributed by atoms with E-state index in [2.05, 4.69) is 23.4 Å². The first-order chi connectivity index (χ1) is 13.8. The number of aromatic nitrogens is 3. The number of nitrogen functional groups attached to an aromatic ring is 1. The molecule has 0 aliphatic rings. The molecule has 5 nitrogen and oxygen atoms in total. The molecule has 0 radical (unpaired) electrons. The van der Waals surface area contributed by atoms with Crippen molar-refractivity contribution in [3.63, 3.8) is 0 Å². The van der Waals surface area contributed by atoms with Crippen LogP contribution in [-0.2, 0) is 23.8 Å². The van der Waals surface area contributed by atoms with Gasteiger partial charge in [0.25, 0.3) is 0 Å².